The maximum Gasteiger partial charge on any atom is 0.291 e. The first-order chi connectivity index (χ1) is 12.8. The van der Waals surface area contributed by atoms with Gasteiger partial charge in [0.1, 0.15) is 24.0 Å². The maximum absolute atomic E-state index is 13.2. The van der Waals surface area contributed by atoms with Crippen LogP contribution in [0, 0.1) is 11.8 Å². The molecule has 2 fully saturated rings. The molecular weight excluding hydrogens is 374 g/mol. The van der Waals surface area contributed by atoms with E-state index >= 15 is 0 Å². The van der Waals surface area contributed by atoms with Gasteiger partial charge in [-0.2, -0.15) is 0 Å². The zero-order valence-electron chi connectivity index (χ0n) is 14.9. The van der Waals surface area contributed by atoms with E-state index in [0.29, 0.717) is 16.3 Å². The standard InChI is InChI=1S/C18H20ClN3O5/c1-8(23)14-12-13(16(25)22(15(12)24)5-6-27-2)18(21-14)10-7-9(19)3-4-11(10)20-17(18)26/h3-4,7-8,12-14,21,23H,5-6H2,1-2H3,(H,20,26)/p+1/t8-,12+,13+,14+,18+/m1/s1. The number of anilines is 1. The number of benzene rings is 1. The normalized spacial score (nSPS) is 32.8. The van der Waals surface area contributed by atoms with Gasteiger partial charge in [0, 0.05) is 17.7 Å². The first-order valence-corrected chi connectivity index (χ1v) is 9.20. The number of quaternary nitrogens is 1. The Kier molecular flexibility index (Phi) is 4.27. The summed E-state index contributed by atoms with van der Waals surface area (Å²) in [5.74, 6) is -2.84. The lowest BCUT2D eigenvalue weighted by atomic mass is 9.76. The molecular formula is C18H21ClN3O5+. The molecule has 8 nitrogen and oxygen atoms in total. The van der Waals surface area contributed by atoms with Gasteiger partial charge in [0.05, 0.1) is 18.8 Å². The Morgan fingerprint density at radius 3 is 2.78 bits per heavy atom. The van der Waals surface area contributed by atoms with Gasteiger partial charge in [-0.25, -0.2) is 0 Å². The van der Waals surface area contributed by atoms with Gasteiger partial charge in [-0.15, -0.1) is 0 Å². The maximum atomic E-state index is 13.2. The van der Waals surface area contributed by atoms with Crippen LogP contribution in [0.2, 0.25) is 5.02 Å². The zero-order chi connectivity index (χ0) is 19.5. The number of fused-ring (bicyclic) bond motifs is 4. The van der Waals surface area contributed by atoms with Gasteiger partial charge in [-0.1, -0.05) is 11.6 Å². The van der Waals surface area contributed by atoms with Crippen LogP contribution in [-0.4, -0.2) is 60.1 Å². The van der Waals surface area contributed by atoms with Crippen molar-refractivity contribution in [1.82, 2.24) is 4.90 Å². The van der Waals surface area contributed by atoms with E-state index in [1.165, 1.54) is 7.11 Å². The van der Waals surface area contributed by atoms with Crippen LogP contribution >= 0.6 is 11.6 Å². The first-order valence-electron chi connectivity index (χ1n) is 8.82. The van der Waals surface area contributed by atoms with E-state index in [4.69, 9.17) is 16.3 Å². The highest BCUT2D eigenvalue weighted by Gasteiger charge is 2.74. The summed E-state index contributed by atoms with van der Waals surface area (Å²) < 4.78 is 5.01. The van der Waals surface area contributed by atoms with Gasteiger partial charge in [0.15, 0.2) is 0 Å². The van der Waals surface area contributed by atoms with Crippen LogP contribution < -0.4 is 10.6 Å². The van der Waals surface area contributed by atoms with Crippen LogP contribution in [0.25, 0.3) is 0 Å². The first kappa shape index (κ1) is 18.4. The molecule has 27 heavy (non-hydrogen) atoms. The summed E-state index contributed by atoms with van der Waals surface area (Å²) in [4.78, 5) is 40.4. The number of methoxy groups -OCH3 is 1. The monoisotopic (exact) mass is 394 g/mol. The molecule has 9 heteroatoms. The Labute approximate surface area is 160 Å². The number of imide groups is 1. The van der Waals surface area contributed by atoms with E-state index < -0.39 is 35.4 Å². The number of nitrogens with one attached hydrogen (secondary N) is 1. The number of ether oxygens (including phenoxy) is 1. The van der Waals surface area contributed by atoms with Crippen LogP contribution in [0.4, 0.5) is 5.69 Å². The van der Waals surface area contributed by atoms with E-state index in [1.807, 2.05) is 0 Å². The molecule has 0 aromatic heterocycles. The molecule has 0 saturated carbocycles. The Hall–Kier alpha value is -2.00. The molecule has 144 valence electrons. The number of hydrogen-bond donors (Lipinski definition) is 3. The van der Waals surface area contributed by atoms with Gasteiger partial charge >= 0.3 is 0 Å². The van der Waals surface area contributed by atoms with E-state index in [9.17, 15) is 19.5 Å². The highest BCUT2D eigenvalue weighted by Crippen LogP contribution is 2.49. The minimum absolute atomic E-state index is 0.119. The van der Waals surface area contributed by atoms with Gasteiger partial charge in [-0.05, 0) is 25.1 Å². The summed E-state index contributed by atoms with van der Waals surface area (Å²) >= 11 is 6.16. The average Bonchev–Trinajstić information content (AvgIpc) is 3.20. The lowest BCUT2D eigenvalue weighted by Gasteiger charge is -2.27. The lowest BCUT2D eigenvalue weighted by Crippen LogP contribution is -3.00. The number of aliphatic hydroxyl groups is 1. The number of amides is 3. The number of hydrogen-bond acceptors (Lipinski definition) is 5. The molecule has 2 saturated heterocycles. The SMILES string of the molecule is COCCN1C(=O)[C@@H]2[C@H]([C@@H](C)O)[NH2+][C@]3(C(=O)Nc4ccc(Cl)cc43)[C@@H]2C1=O. The number of likely N-dealkylation sites (tertiary alicyclic amines) is 1. The second-order valence-corrected chi connectivity index (χ2v) is 7.76. The fourth-order valence-electron chi connectivity index (χ4n) is 4.76. The number of aliphatic hydroxyl groups excluding tert-OH is 1. The molecule has 4 N–H and O–H groups in total. The fraction of sp³-hybridized carbons (Fsp3) is 0.500. The third kappa shape index (κ3) is 2.37. The molecule has 0 radical (unpaired) electrons. The minimum Gasteiger partial charge on any atom is -0.387 e. The second kappa shape index (κ2) is 6.27. The molecule has 1 spiro atoms. The van der Waals surface area contributed by atoms with Crippen molar-refractivity contribution < 1.29 is 29.5 Å². The van der Waals surface area contributed by atoms with Crippen molar-refractivity contribution in [1.29, 1.82) is 0 Å². The predicted octanol–water partition coefficient (Wildman–Crippen LogP) is -0.939. The second-order valence-electron chi connectivity index (χ2n) is 7.32. The molecule has 3 heterocycles. The van der Waals surface area contributed by atoms with Crippen molar-refractivity contribution in [2.45, 2.75) is 24.6 Å². The smallest absolute Gasteiger partial charge is 0.291 e. The van der Waals surface area contributed by atoms with Gasteiger partial charge in [-0.3, -0.25) is 19.3 Å². The van der Waals surface area contributed by atoms with Crippen LogP contribution in [0.1, 0.15) is 12.5 Å². The summed E-state index contributed by atoms with van der Waals surface area (Å²) in [6.07, 6.45) is -0.882. The molecule has 3 amide bonds. The molecule has 4 rings (SSSR count). The Balaban J connectivity index is 1.86. The fourth-order valence-corrected chi connectivity index (χ4v) is 4.93. The number of carbonyl (C=O) groups is 3. The highest BCUT2D eigenvalue weighted by atomic mass is 35.5. The summed E-state index contributed by atoms with van der Waals surface area (Å²) in [6, 6.07) is 4.38. The molecule has 0 unspecified atom stereocenters. The number of rotatable bonds is 4. The number of nitrogens with two attached hydrogens (primary N) is 1. The van der Waals surface area contributed by atoms with Gasteiger partial charge in [0.2, 0.25) is 17.4 Å². The van der Waals surface area contributed by atoms with Crippen molar-refractivity contribution in [3.63, 3.8) is 0 Å². The highest BCUT2D eigenvalue weighted by molar-refractivity contribution is 6.31. The Morgan fingerprint density at radius 1 is 1.37 bits per heavy atom. The van der Waals surface area contributed by atoms with Gasteiger partial charge in [0.25, 0.3) is 5.91 Å². The lowest BCUT2D eigenvalue weighted by molar-refractivity contribution is -0.738. The van der Waals surface area contributed by atoms with Crippen molar-refractivity contribution >= 4 is 35.0 Å². The van der Waals surface area contributed by atoms with E-state index in [2.05, 4.69) is 5.32 Å². The molecule has 3 aliphatic rings. The summed E-state index contributed by atoms with van der Waals surface area (Å²) in [5, 5.41) is 15.2. The van der Waals surface area contributed by atoms with Crippen LogP contribution in [0.3, 0.4) is 0 Å². The molecule has 1 aromatic rings. The number of carbonyl (C=O) groups excluding carboxylic acids is 3. The quantitative estimate of drug-likeness (QED) is 0.571. The van der Waals surface area contributed by atoms with Crippen LogP contribution in [-0.2, 0) is 24.7 Å². The molecule has 1 aromatic carbocycles. The molecule has 5 atom stereocenters. The van der Waals surface area contributed by atoms with Crippen molar-refractivity contribution in [2.24, 2.45) is 11.8 Å². The molecule has 0 aliphatic carbocycles. The topological polar surface area (TPSA) is 113 Å². The summed E-state index contributed by atoms with van der Waals surface area (Å²) in [6.45, 7) is 1.90. The zero-order valence-corrected chi connectivity index (χ0v) is 15.7. The Bertz CT molecular complexity index is 844. The summed E-state index contributed by atoms with van der Waals surface area (Å²) in [7, 11) is 1.49. The third-order valence-electron chi connectivity index (χ3n) is 5.93. The average molecular weight is 395 g/mol. The van der Waals surface area contributed by atoms with Crippen molar-refractivity contribution in [3.8, 4) is 0 Å². The van der Waals surface area contributed by atoms with Crippen molar-refractivity contribution in [3.05, 3.63) is 28.8 Å². The van der Waals surface area contributed by atoms with Gasteiger partial charge < -0.3 is 20.5 Å². The number of halogens is 1. The number of nitrogens with zero attached hydrogens (tertiary/aromatic N) is 1. The van der Waals surface area contributed by atoms with E-state index in [-0.39, 0.29) is 25.0 Å². The van der Waals surface area contributed by atoms with Crippen LogP contribution in [0.15, 0.2) is 18.2 Å². The third-order valence-corrected chi connectivity index (χ3v) is 6.17. The van der Waals surface area contributed by atoms with E-state index in [1.54, 1.807) is 30.4 Å². The molecule has 3 aliphatic heterocycles. The van der Waals surface area contributed by atoms with Crippen LogP contribution in [0.5, 0.6) is 0 Å². The molecule has 0 bridgehead atoms. The van der Waals surface area contributed by atoms with E-state index in [0.717, 1.165) is 4.90 Å². The minimum atomic E-state index is -1.32. The Morgan fingerprint density at radius 2 is 2.11 bits per heavy atom. The predicted molar refractivity (Wildman–Crippen MR) is 94.7 cm³/mol. The van der Waals surface area contributed by atoms with Crippen molar-refractivity contribution in [2.75, 3.05) is 25.6 Å². The summed E-state index contributed by atoms with van der Waals surface area (Å²) in [5.41, 5.74) is -0.171. The largest absolute Gasteiger partial charge is 0.387 e.